The number of fused-ring (bicyclic) bond motifs is 1. The van der Waals surface area contributed by atoms with Crippen LogP contribution in [0.4, 0.5) is 0 Å². The Morgan fingerprint density at radius 2 is 2.04 bits per heavy atom. The predicted octanol–water partition coefficient (Wildman–Crippen LogP) is 2.50. The van der Waals surface area contributed by atoms with Gasteiger partial charge in [0.05, 0.1) is 11.3 Å². The SMILES string of the molecule is CCN1CCc2nc(O[C@@H]3CCN(C4CCCC4)C3)ccc2C1=O. The molecule has 0 unspecified atom stereocenters. The summed E-state index contributed by atoms with van der Waals surface area (Å²) in [7, 11) is 0. The first-order valence-corrected chi connectivity index (χ1v) is 9.44. The van der Waals surface area contributed by atoms with E-state index in [9.17, 15) is 4.79 Å². The molecule has 1 aromatic heterocycles. The van der Waals surface area contributed by atoms with Crippen molar-refractivity contribution >= 4 is 5.91 Å². The van der Waals surface area contributed by atoms with E-state index in [1.165, 1.54) is 25.7 Å². The van der Waals surface area contributed by atoms with Gasteiger partial charge in [0.25, 0.3) is 5.91 Å². The number of pyridine rings is 1. The minimum atomic E-state index is 0.103. The summed E-state index contributed by atoms with van der Waals surface area (Å²) in [6, 6.07) is 4.53. The summed E-state index contributed by atoms with van der Waals surface area (Å²) in [5.41, 5.74) is 1.64. The van der Waals surface area contributed by atoms with Gasteiger partial charge in [0.1, 0.15) is 6.10 Å². The molecule has 1 saturated heterocycles. The lowest BCUT2D eigenvalue weighted by Crippen LogP contribution is -2.37. The summed E-state index contributed by atoms with van der Waals surface area (Å²) in [5.74, 6) is 0.788. The van der Waals surface area contributed by atoms with Gasteiger partial charge in [-0.05, 0) is 32.3 Å². The zero-order valence-corrected chi connectivity index (χ0v) is 14.5. The van der Waals surface area contributed by atoms with Crippen LogP contribution in [-0.2, 0) is 6.42 Å². The van der Waals surface area contributed by atoms with Crippen molar-refractivity contribution in [3.8, 4) is 5.88 Å². The minimum Gasteiger partial charge on any atom is -0.473 e. The highest BCUT2D eigenvalue weighted by Crippen LogP contribution is 2.28. The number of likely N-dealkylation sites (N-methyl/N-ethyl adjacent to an activating group) is 1. The number of carbonyl (C=O) groups excluding carboxylic acids is 1. The normalized spacial score (nSPS) is 25.3. The molecular weight excluding hydrogens is 302 g/mol. The molecule has 1 aromatic rings. The summed E-state index contributed by atoms with van der Waals surface area (Å²) in [6.45, 7) is 5.70. The lowest BCUT2D eigenvalue weighted by Gasteiger charge is -2.27. The van der Waals surface area contributed by atoms with Crippen molar-refractivity contribution in [3.05, 3.63) is 23.4 Å². The maximum absolute atomic E-state index is 12.3. The average Bonchev–Trinajstić information content (AvgIpc) is 3.26. The third-order valence-corrected chi connectivity index (χ3v) is 5.77. The lowest BCUT2D eigenvalue weighted by molar-refractivity contribution is 0.0746. The largest absolute Gasteiger partial charge is 0.473 e. The smallest absolute Gasteiger partial charge is 0.255 e. The zero-order valence-electron chi connectivity index (χ0n) is 14.5. The molecule has 1 saturated carbocycles. The number of hydrogen-bond acceptors (Lipinski definition) is 4. The van der Waals surface area contributed by atoms with E-state index in [0.717, 1.165) is 56.3 Å². The molecule has 1 atom stereocenters. The van der Waals surface area contributed by atoms with Crippen LogP contribution in [0.2, 0.25) is 0 Å². The van der Waals surface area contributed by atoms with Crippen LogP contribution in [0.25, 0.3) is 0 Å². The van der Waals surface area contributed by atoms with Crippen molar-refractivity contribution in [3.63, 3.8) is 0 Å². The fourth-order valence-corrected chi connectivity index (χ4v) is 4.37. The first kappa shape index (κ1) is 15.9. The molecule has 0 bridgehead atoms. The third kappa shape index (κ3) is 3.02. The highest BCUT2D eigenvalue weighted by atomic mass is 16.5. The van der Waals surface area contributed by atoms with E-state index < -0.39 is 0 Å². The van der Waals surface area contributed by atoms with Crippen LogP contribution in [0.5, 0.6) is 5.88 Å². The molecule has 2 aliphatic heterocycles. The summed E-state index contributed by atoms with van der Waals surface area (Å²) in [4.78, 5) is 21.4. The van der Waals surface area contributed by atoms with E-state index in [1.54, 1.807) is 0 Å². The van der Waals surface area contributed by atoms with Crippen LogP contribution in [0, 0.1) is 0 Å². The van der Waals surface area contributed by atoms with Gasteiger partial charge in [-0.15, -0.1) is 0 Å². The van der Waals surface area contributed by atoms with Gasteiger partial charge in [-0.1, -0.05) is 12.8 Å². The number of aromatic nitrogens is 1. The fourth-order valence-electron chi connectivity index (χ4n) is 4.37. The monoisotopic (exact) mass is 329 g/mol. The Bertz CT molecular complexity index is 613. The molecule has 4 rings (SSSR count). The molecule has 5 nitrogen and oxygen atoms in total. The number of carbonyl (C=O) groups is 1. The van der Waals surface area contributed by atoms with E-state index >= 15 is 0 Å². The van der Waals surface area contributed by atoms with Crippen molar-refractivity contribution in [1.29, 1.82) is 0 Å². The van der Waals surface area contributed by atoms with Crippen molar-refractivity contribution < 1.29 is 9.53 Å². The van der Waals surface area contributed by atoms with Crippen molar-refractivity contribution in [2.45, 2.75) is 57.6 Å². The second kappa shape index (κ2) is 6.71. The molecule has 1 aliphatic carbocycles. The van der Waals surface area contributed by atoms with Gasteiger partial charge in [-0.2, -0.15) is 0 Å². The van der Waals surface area contributed by atoms with Crippen LogP contribution in [0.3, 0.4) is 0 Å². The van der Waals surface area contributed by atoms with Crippen molar-refractivity contribution in [2.75, 3.05) is 26.2 Å². The van der Waals surface area contributed by atoms with Crippen LogP contribution in [0.1, 0.15) is 55.1 Å². The Hall–Kier alpha value is -1.62. The number of ether oxygens (including phenoxy) is 1. The Balaban J connectivity index is 1.40. The molecule has 0 aromatic carbocycles. The van der Waals surface area contributed by atoms with Gasteiger partial charge in [-0.25, -0.2) is 4.98 Å². The number of hydrogen-bond donors (Lipinski definition) is 0. The summed E-state index contributed by atoms with van der Waals surface area (Å²) < 4.78 is 6.14. The van der Waals surface area contributed by atoms with E-state index in [4.69, 9.17) is 4.74 Å². The topological polar surface area (TPSA) is 45.7 Å². The van der Waals surface area contributed by atoms with Gasteiger partial charge >= 0.3 is 0 Å². The molecule has 0 N–H and O–H groups in total. The fraction of sp³-hybridized carbons (Fsp3) is 0.684. The molecule has 2 fully saturated rings. The van der Waals surface area contributed by atoms with Crippen LogP contribution in [0.15, 0.2) is 12.1 Å². The summed E-state index contributed by atoms with van der Waals surface area (Å²) in [5, 5.41) is 0. The molecular formula is C19H27N3O2. The second-order valence-electron chi connectivity index (χ2n) is 7.24. The minimum absolute atomic E-state index is 0.103. The quantitative estimate of drug-likeness (QED) is 0.851. The van der Waals surface area contributed by atoms with Crippen LogP contribution in [-0.4, -0.2) is 59.0 Å². The number of rotatable bonds is 4. The second-order valence-corrected chi connectivity index (χ2v) is 7.24. The molecule has 0 spiro atoms. The average molecular weight is 329 g/mol. The number of nitrogens with zero attached hydrogens (tertiary/aromatic N) is 3. The molecule has 1 amide bonds. The van der Waals surface area contributed by atoms with Gasteiger partial charge in [0.2, 0.25) is 5.88 Å². The van der Waals surface area contributed by atoms with Gasteiger partial charge < -0.3 is 9.64 Å². The standard InChI is InChI=1S/C19H27N3O2/c1-2-21-12-10-17-16(19(21)23)7-8-18(20-17)24-15-9-11-22(13-15)14-5-3-4-6-14/h7-8,14-15H,2-6,9-13H2,1H3/t15-/m1/s1. The highest BCUT2D eigenvalue weighted by molar-refractivity contribution is 5.96. The van der Waals surface area contributed by atoms with Crippen molar-refractivity contribution in [2.24, 2.45) is 0 Å². The molecule has 3 aliphatic rings. The first-order valence-electron chi connectivity index (χ1n) is 9.44. The molecule has 130 valence electrons. The van der Waals surface area contributed by atoms with E-state index in [-0.39, 0.29) is 12.0 Å². The Kier molecular flexibility index (Phi) is 4.44. The van der Waals surface area contributed by atoms with E-state index in [0.29, 0.717) is 5.88 Å². The molecule has 24 heavy (non-hydrogen) atoms. The first-order chi connectivity index (χ1) is 11.7. The summed E-state index contributed by atoms with van der Waals surface area (Å²) in [6.07, 6.45) is 7.59. The van der Waals surface area contributed by atoms with Gasteiger partial charge in [0, 0.05) is 44.7 Å². The van der Waals surface area contributed by atoms with Gasteiger partial charge in [0.15, 0.2) is 0 Å². The molecule has 3 heterocycles. The third-order valence-electron chi connectivity index (χ3n) is 5.77. The lowest BCUT2D eigenvalue weighted by atomic mass is 10.1. The summed E-state index contributed by atoms with van der Waals surface area (Å²) >= 11 is 0. The molecule has 0 radical (unpaired) electrons. The van der Waals surface area contributed by atoms with Crippen LogP contribution >= 0.6 is 0 Å². The van der Waals surface area contributed by atoms with Crippen molar-refractivity contribution in [1.82, 2.24) is 14.8 Å². The Morgan fingerprint density at radius 1 is 1.21 bits per heavy atom. The zero-order chi connectivity index (χ0) is 16.5. The molecule has 5 heteroatoms. The van der Waals surface area contributed by atoms with Gasteiger partial charge in [-0.3, -0.25) is 9.69 Å². The maximum Gasteiger partial charge on any atom is 0.255 e. The highest BCUT2D eigenvalue weighted by Gasteiger charge is 2.31. The Morgan fingerprint density at radius 3 is 2.83 bits per heavy atom. The maximum atomic E-state index is 12.3. The Labute approximate surface area is 144 Å². The van der Waals surface area contributed by atoms with Crippen LogP contribution < -0.4 is 4.74 Å². The van der Waals surface area contributed by atoms with E-state index in [1.807, 2.05) is 24.0 Å². The number of amides is 1. The van der Waals surface area contributed by atoms with E-state index in [2.05, 4.69) is 9.88 Å². The number of likely N-dealkylation sites (tertiary alicyclic amines) is 1. The predicted molar refractivity (Wildman–Crippen MR) is 92.4 cm³/mol.